The molecule has 8 heteroatoms. The molecule has 0 aliphatic carbocycles. The van der Waals surface area contributed by atoms with Gasteiger partial charge in [-0.15, -0.1) is 0 Å². The summed E-state index contributed by atoms with van der Waals surface area (Å²) in [6, 6.07) is 8.17. The summed E-state index contributed by atoms with van der Waals surface area (Å²) in [6.07, 6.45) is -4.21. The van der Waals surface area contributed by atoms with E-state index >= 15 is 0 Å². The van der Waals surface area contributed by atoms with Crippen molar-refractivity contribution in [3.8, 4) is 0 Å². The van der Waals surface area contributed by atoms with Crippen molar-refractivity contribution in [2.24, 2.45) is 5.92 Å². The molecule has 1 aromatic carbocycles. The van der Waals surface area contributed by atoms with E-state index in [4.69, 9.17) is 4.74 Å². The number of nitrogens with zero attached hydrogens (tertiary/aromatic N) is 1. The van der Waals surface area contributed by atoms with E-state index in [-0.39, 0.29) is 17.7 Å². The number of anilines is 1. The lowest BCUT2D eigenvalue weighted by molar-refractivity contribution is -0.137. The zero-order valence-electron chi connectivity index (χ0n) is 15.0. The first-order valence-electron chi connectivity index (χ1n) is 8.98. The highest BCUT2D eigenvalue weighted by atomic mass is 19.4. The smallest absolute Gasteiger partial charge is 0.390 e. The zero-order valence-corrected chi connectivity index (χ0v) is 15.0. The van der Waals surface area contributed by atoms with Crippen LogP contribution in [0.3, 0.4) is 0 Å². The maximum absolute atomic E-state index is 13.0. The largest absolute Gasteiger partial charge is 0.416 e. The highest BCUT2D eigenvalue weighted by Crippen LogP contribution is 2.49. The van der Waals surface area contributed by atoms with Crippen molar-refractivity contribution in [3.63, 3.8) is 0 Å². The first-order valence-corrected chi connectivity index (χ1v) is 8.98. The molecule has 2 aromatic rings. The van der Waals surface area contributed by atoms with Crippen LogP contribution in [0, 0.1) is 12.8 Å². The Balaban J connectivity index is 1.61. The summed E-state index contributed by atoms with van der Waals surface area (Å²) in [5.41, 5.74) is 0.881. The fourth-order valence-corrected chi connectivity index (χ4v) is 4.22. The molecule has 5 atom stereocenters. The average molecular weight is 392 g/mol. The second-order valence-electron chi connectivity index (χ2n) is 7.29. The fraction of sp³-hybridized carbons (Fsp3) is 0.400. The van der Waals surface area contributed by atoms with Gasteiger partial charge in [0, 0.05) is 29.9 Å². The standard InChI is InChI=1S/C20H19F3N2O3/c1-10-7-11(5-6-24-10)16-15-9-14(26)18(28-15)17(16)19(27)25-13-4-2-3-12(8-13)20(21,22)23/h2-8,14-18,26H,9H2,1H3,(H,25,27)/t14-,15+,16+,17-,18-/m1/s1. The molecule has 2 saturated heterocycles. The molecule has 3 heterocycles. The highest BCUT2D eigenvalue weighted by Gasteiger charge is 2.57. The van der Waals surface area contributed by atoms with E-state index in [1.54, 1.807) is 12.3 Å². The molecule has 0 saturated carbocycles. The Bertz CT molecular complexity index is 902. The number of hydrogen-bond donors (Lipinski definition) is 2. The van der Waals surface area contributed by atoms with Crippen molar-refractivity contribution in [2.75, 3.05) is 5.32 Å². The van der Waals surface area contributed by atoms with Gasteiger partial charge in [-0.3, -0.25) is 9.78 Å². The number of hydrogen-bond acceptors (Lipinski definition) is 4. The zero-order chi connectivity index (χ0) is 20.1. The monoisotopic (exact) mass is 392 g/mol. The van der Waals surface area contributed by atoms with Crippen LogP contribution in [0.5, 0.6) is 0 Å². The van der Waals surface area contributed by atoms with Gasteiger partial charge in [0.05, 0.1) is 29.8 Å². The fourth-order valence-electron chi connectivity index (χ4n) is 4.22. The van der Waals surface area contributed by atoms with Crippen LogP contribution < -0.4 is 5.32 Å². The first kappa shape index (κ1) is 18.9. The Morgan fingerprint density at radius 3 is 2.79 bits per heavy atom. The molecular weight excluding hydrogens is 373 g/mol. The number of alkyl halides is 3. The van der Waals surface area contributed by atoms with Gasteiger partial charge in [-0.1, -0.05) is 6.07 Å². The van der Waals surface area contributed by atoms with Crippen molar-refractivity contribution >= 4 is 11.6 Å². The van der Waals surface area contributed by atoms with Gasteiger partial charge in [-0.2, -0.15) is 13.2 Å². The minimum atomic E-state index is -4.50. The number of pyridine rings is 1. The van der Waals surface area contributed by atoms with Gasteiger partial charge < -0.3 is 15.2 Å². The lowest BCUT2D eigenvalue weighted by Gasteiger charge is -2.30. The molecule has 2 bridgehead atoms. The number of aliphatic hydroxyl groups excluding tert-OH is 1. The number of benzene rings is 1. The van der Waals surface area contributed by atoms with Crippen LogP contribution in [0.2, 0.25) is 0 Å². The number of ether oxygens (including phenoxy) is 1. The SMILES string of the molecule is Cc1cc([C@@H]2[C@@H](C(=O)Nc3cccc(C(F)(F)F)c3)[C@@H]3O[C@H]2C[C@H]3O)ccn1. The van der Waals surface area contributed by atoms with E-state index in [9.17, 15) is 23.1 Å². The Labute approximate surface area is 159 Å². The molecule has 4 rings (SSSR count). The lowest BCUT2D eigenvalue weighted by Crippen LogP contribution is -2.42. The third-order valence-corrected chi connectivity index (χ3v) is 5.39. The van der Waals surface area contributed by atoms with Crippen LogP contribution in [-0.2, 0) is 15.7 Å². The van der Waals surface area contributed by atoms with Gasteiger partial charge in [0.25, 0.3) is 0 Å². The Kier molecular flexibility index (Phi) is 4.63. The summed E-state index contributed by atoms with van der Waals surface area (Å²) in [6.45, 7) is 1.84. The quantitative estimate of drug-likeness (QED) is 0.841. The first-order chi connectivity index (χ1) is 13.2. The molecular formula is C20H19F3N2O3. The number of carbonyl (C=O) groups is 1. The molecule has 1 amide bonds. The van der Waals surface area contributed by atoms with E-state index in [2.05, 4.69) is 10.3 Å². The summed E-state index contributed by atoms with van der Waals surface area (Å²) >= 11 is 0. The van der Waals surface area contributed by atoms with Crippen LogP contribution in [0.4, 0.5) is 18.9 Å². The highest BCUT2D eigenvalue weighted by molar-refractivity contribution is 5.94. The van der Waals surface area contributed by atoms with Gasteiger partial charge >= 0.3 is 6.18 Å². The molecule has 0 unspecified atom stereocenters. The molecule has 148 valence electrons. The number of aliphatic hydroxyl groups is 1. The second kappa shape index (κ2) is 6.86. The molecule has 28 heavy (non-hydrogen) atoms. The maximum Gasteiger partial charge on any atom is 0.416 e. The molecule has 2 N–H and O–H groups in total. The maximum atomic E-state index is 13.0. The van der Waals surface area contributed by atoms with Crippen LogP contribution in [0.25, 0.3) is 0 Å². The van der Waals surface area contributed by atoms with E-state index < -0.39 is 35.8 Å². The predicted molar refractivity (Wildman–Crippen MR) is 94.6 cm³/mol. The third kappa shape index (κ3) is 3.38. The minimum absolute atomic E-state index is 0.0572. The number of amides is 1. The van der Waals surface area contributed by atoms with Crippen molar-refractivity contribution in [3.05, 3.63) is 59.4 Å². The van der Waals surface area contributed by atoms with Gasteiger partial charge in [-0.25, -0.2) is 0 Å². The number of aromatic nitrogens is 1. The normalized spacial score (nSPS) is 29.1. The van der Waals surface area contributed by atoms with E-state index in [1.807, 2.05) is 13.0 Å². The molecule has 0 radical (unpaired) electrons. The second-order valence-corrected chi connectivity index (χ2v) is 7.29. The Morgan fingerprint density at radius 1 is 1.29 bits per heavy atom. The summed E-state index contributed by atoms with van der Waals surface area (Å²) in [4.78, 5) is 17.1. The van der Waals surface area contributed by atoms with Crippen LogP contribution in [-0.4, -0.2) is 34.3 Å². The average Bonchev–Trinajstić information content (AvgIpc) is 3.18. The summed E-state index contributed by atoms with van der Waals surface area (Å²) < 4.78 is 44.6. The molecule has 2 aliphatic rings. The van der Waals surface area contributed by atoms with Crippen molar-refractivity contribution in [1.82, 2.24) is 4.98 Å². The van der Waals surface area contributed by atoms with Crippen molar-refractivity contribution < 1.29 is 27.8 Å². The van der Waals surface area contributed by atoms with Crippen molar-refractivity contribution in [1.29, 1.82) is 0 Å². The summed E-state index contributed by atoms with van der Waals surface area (Å²) in [7, 11) is 0. The molecule has 0 spiro atoms. The molecule has 2 aliphatic heterocycles. The number of aryl methyl sites for hydroxylation is 1. The third-order valence-electron chi connectivity index (χ3n) is 5.39. The number of carbonyl (C=O) groups excluding carboxylic acids is 1. The molecule has 1 aromatic heterocycles. The Hall–Kier alpha value is -2.45. The predicted octanol–water partition coefficient (Wildman–Crippen LogP) is 3.28. The summed E-state index contributed by atoms with van der Waals surface area (Å²) in [5, 5.41) is 12.8. The van der Waals surface area contributed by atoms with Gasteiger partial charge in [0.1, 0.15) is 0 Å². The van der Waals surface area contributed by atoms with Gasteiger partial charge in [0.2, 0.25) is 5.91 Å². The number of rotatable bonds is 3. The number of fused-ring (bicyclic) bond motifs is 2. The topological polar surface area (TPSA) is 71.5 Å². The molecule has 5 nitrogen and oxygen atoms in total. The minimum Gasteiger partial charge on any atom is -0.390 e. The van der Waals surface area contributed by atoms with Crippen LogP contribution >= 0.6 is 0 Å². The van der Waals surface area contributed by atoms with Crippen molar-refractivity contribution in [2.45, 2.75) is 43.8 Å². The number of nitrogens with one attached hydrogen (secondary N) is 1. The van der Waals surface area contributed by atoms with Crippen LogP contribution in [0.1, 0.15) is 29.2 Å². The van der Waals surface area contributed by atoms with E-state index in [0.29, 0.717) is 6.42 Å². The van der Waals surface area contributed by atoms with E-state index in [1.165, 1.54) is 12.1 Å². The van der Waals surface area contributed by atoms with Gasteiger partial charge in [-0.05, 0) is 42.8 Å². The lowest BCUT2D eigenvalue weighted by atomic mass is 9.74. The van der Waals surface area contributed by atoms with Gasteiger partial charge in [0.15, 0.2) is 0 Å². The van der Waals surface area contributed by atoms with E-state index in [0.717, 1.165) is 23.4 Å². The molecule has 2 fully saturated rings. The summed E-state index contributed by atoms with van der Waals surface area (Å²) in [5.74, 6) is -1.46. The van der Waals surface area contributed by atoms with Crippen LogP contribution in [0.15, 0.2) is 42.6 Å². The number of halogens is 3. The Morgan fingerprint density at radius 2 is 2.07 bits per heavy atom.